The molecule has 4 amide bonds. The molecule has 18 heteroatoms. The molecule has 0 spiro atoms. The lowest BCUT2D eigenvalue weighted by atomic mass is 10.0. The first kappa shape index (κ1) is 47.3. The lowest BCUT2D eigenvalue weighted by molar-refractivity contribution is -0.135. The van der Waals surface area contributed by atoms with Gasteiger partial charge >= 0.3 is 5.97 Å². The Kier molecular flexibility index (Phi) is 21.8. The molecule has 0 bridgehead atoms. The molecular formula is C37H58N10O8. The summed E-state index contributed by atoms with van der Waals surface area (Å²) in [5.74, 6) is -2.08. The van der Waals surface area contributed by atoms with Crippen LogP contribution in [0.4, 0.5) is 0 Å². The quantitative estimate of drug-likeness (QED) is 0.0189. The first-order valence-corrected chi connectivity index (χ1v) is 18.1. The zero-order chi connectivity index (χ0) is 41.5. The van der Waals surface area contributed by atoms with Gasteiger partial charge in [-0.2, -0.15) is 0 Å². The van der Waals surface area contributed by atoms with E-state index in [0.717, 1.165) is 0 Å². The number of ketones is 1. The van der Waals surface area contributed by atoms with Crippen LogP contribution in [0.5, 0.6) is 0 Å². The second-order valence-corrected chi connectivity index (χ2v) is 13.4. The van der Waals surface area contributed by atoms with Crippen molar-refractivity contribution in [1.29, 1.82) is 0 Å². The molecule has 0 fully saturated rings. The number of carbonyl (C=O) groups is 6. The molecule has 0 unspecified atom stereocenters. The van der Waals surface area contributed by atoms with Crippen molar-refractivity contribution in [2.24, 2.45) is 38.8 Å². The Morgan fingerprint density at radius 3 is 1.82 bits per heavy atom. The lowest BCUT2D eigenvalue weighted by Crippen LogP contribution is -2.58. The minimum absolute atomic E-state index is 0.0102. The Morgan fingerprint density at radius 1 is 0.782 bits per heavy atom. The standard InChI is InChI=1S/C37H58N10O8/c1-6-7-8-16-30(50)44-27(19-22(2)3)33(52)46-26(15-11-18-43-37(40)41)32(51)47-28(20-48)34(53)45-25(14-10-17-42-36(38)39)29(49)21-55-35(54)31-23(4)12-9-13-24(31)5/h1,9,12-13,22,25-28,48H,7-8,10-11,14-21H2,2-5H3,(H,44,50)(H,45,53)(H,46,52)(H,47,51)(H4,38,39,42)(H4,40,41,43)/t25-,26-,27+,28+/m0/s1. The van der Waals surface area contributed by atoms with Gasteiger partial charge in [0.15, 0.2) is 24.3 Å². The second-order valence-electron chi connectivity index (χ2n) is 13.4. The Labute approximate surface area is 322 Å². The van der Waals surface area contributed by atoms with E-state index in [2.05, 4.69) is 37.2 Å². The first-order valence-electron chi connectivity index (χ1n) is 18.1. The summed E-state index contributed by atoms with van der Waals surface area (Å²) in [6.07, 6.45) is 6.95. The number of aryl methyl sites for hydroxylation is 2. The van der Waals surface area contributed by atoms with Crippen LogP contribution in [0, 0.1) is 32.1 Å². The molecule has 0 saturated carbocycles. The number of rotatable bonds is 25. The van der Waals surface area contributed by atoms with Crippen LogP contribution < -0.4 is 44.2 Å². The van der Waals surface area contributed by atoms with Crippen molar-refractivity contribution < 1.29 is 38.6 Å². The summed E-state index contributed by atoms with van der Waals surface area (Å²) in [7, 11) is 0. The van der Waals surface area contributed by atoms with Crippen molar-refractivity contribution >= 4 is 47.3 Å². The van der Waals surface area contributed by atoms with Crippen LogP contribution in [-0.4, -0.2) is 103 Å². The smallest absolute Gasteiger partial charge is 0.339 e. The van der Waals surface area contributed by atoms with Crippen molar-refractivity contribution in [1.82, 2.24) is 21.3 Å². The highest BCUT2D eigenvalue weighted by molar-refractivity contribution is 5.98. The van der Waals surface area contributed by atoms with Crippen LogP contribution in [0.25, 0.3) is 0 Å². The number of carbonyl (C=O) groups excluding carboxylic acids is 6. The number of aliphatic imine (C=N–C) groups is 2. The fourth-order valence-corrected chi connectivity index (χ4v) is 5.37. The Balaban J connectivity index is 3.19. The molecule has 55 heavy (non-hydrogen) atoms. The molecule has 0 heterocycles. The maximum atomic E-state index is 13.6. The van der Waals surface area contributed by atoms with Gasteiger partial charge in [-0.25, -0.2) is 4.79 Å². The van der Waals surface area contributed by atoms with E-state index < -0.39 is 66.9 Å². The number of aliphatic hydroxyl groups excluding tert-OH is 1. The minimum Gasteiger partial charge on any atom is -0.454 e. The number of amides is 4. The van der Waals surface area contributed by atoms with E-state index in [1.165, 1.54) is 0 Å². The van der Waals surface area contributed by atoms with Gasteiger partial charge in [0.25, 0.3) is 0 Å². The van der Waals surface area contributed by atoms with Gasteiger partial charge in [0.2, 0.25) is 23.6 Å². The zero-order valence-corrected chi connectivity index (χ0v) is 32.2. The third-order valence-electron chi connectivity index (χ3n) is 8.16. The third-order valence-corrected chi connectivity index (χ3v) is 8.16. The van der Waals surface area contributed by atoms with Gasteiger partial charge in [0, 0.05) is 25.9 Å². The van der Waals surface area contributed by atoms with Gasteiger partial charge < -0.3 is 54.0 Å². The molecule has 0 radical (unpaired) electrons. The molecule has 304 valence electrons. The highest BCUT2D eigenvalue weighted by Gasteiger charge is 2.31. The molecule has 4 atom stereocenters. The fourth-order valence-electron chi connectivity index (χ4n) is 5.37. The Hall–Kier alpha value is -5.70. The molecule has 0 aliphatic rings. The maximum Gasteiger partial charge on any atom is 0.339 e. The SMILES string of the molecule is C#CCCCC(=O)N[C@H](CC(C)C)C(=O)N[C@@H](CCCN=C(N)N)C(=O)N[C@H](CO)C(=O)N[C@@H](CCCN=C(N)N)C(=O)COC(=O)c1c(C)cccc1C. The predicted octanol–water partition coefficient (Wildman–Crippen LogP) is -1.08. The number of hydrogen-bond acceptors (Lipinski definition) is 10. The van der Waals surface area contributed by atoms with E-state index in [4.69, 9.17) is 34.1 Å². The predicted molar refractivity (Wildman–Crippen MR) is 208 cm³/mol. The third kappa shape index (κ3) is 18.8. The molecule has 1 rings (SSSR count). The maximum absolute atomic E-state index is 13.6. The van der Waals surface area contributed by atoms with Crippen LogP contribution in [-0.2, 0) is 28.7 Å². The highest BCUT2D eigenvalue weighted by Crippen LogP contribution is 2.15. The molecule has 0 aliphatic heterocycles. The van der Waals surface area contributed by atoms with Crippen LogP contribution in [0.15, 0.2) is 28.2 Å². The van der Waals surface area contributed by atoms with Gasteiger partial charge in [0.05, 0.1) is 18.2 Å². The van der Waals surface area contributed by atoms with Crippen molar-refractivity contribution in [3.05, 3.63) is 34.9 Å². The van der Waals surface area contributed by atoms with Gasteiger partial charge in [-0.3, -0.25) is 34.0 Å². The summed E-state index contributed by atoms with van der Waals surface area (Å²) in [5.41, 5.74) is 23.3. The number of terminal acetylenes is 1. The van der Waals surface area contributed by atoms with E-state index in [9.17, 15) is 33.9 Å². The van der Waals surface area contributed by atoms with Crippen molar-refractivity contribution in [3.63, 3.8) is 0 Å². The average Bonchev–Trinajstić information content (AvgIpc) is 3.11. The summed E-state index contributed by atoms with van der Waals surface area (Å²) >= 11 is 0. The number of nitrogens with one attached hydrogen (secondary N) is 4. The van der Waals surface area contributed by atoms with Gasteiger partial charge in [-0.05, 0) is 69.4 Å². The molecular weight excluding hydrogens is 712 g/mol. The van der Waals surface area contributed by atoms with Crippen molar-refractivity contribution in [3.8, 4) is 12.3 Å². The summed E-state index contributed by atoms with van der Waals surface area (Å²) in [5, 5.41) is 20.5. The van der Waals surface area contributed by atoms with E-state index in [1.54, 1.807) is 32.0 Å². The number of aliphatic hydroxyl groups is 1. The minimum atomic E-state index is -1.57. The number of esters is 1. The molecule has 0 saturated heterocycles. The number of Topliss-reactive ketones (excluding diaryl/α,β-unsaturated/α-hetero) is 1. The zero-order valence-electron chi connectivity index (χ0n) is 32.2. The number of ether oxygens (including phenoxy) is 1. The lowest BCUT2D eigenvalue weighted by Gasteiger charge is -2.26. The number of guanidine groups is 2. The fraction of sp³-hybridized carbons (Fsp3) is 0.568. The summed E-state index contributed by atoms with van der Waals surface area (Å²) in [4.78, 5) is 87.1. The number of benzene rings is 1. The topological polar surface area (TPSA) is 309 Å². The van der Waals surface area contributed by atoms with E-state index in [0.29, 0.717) is 29.5 Å². The number of nitrogens with zero attached hydrogens (tertiary/aromatic N) is 2. The number of hydrogen-bond donors (Lipinski definition) is 9. The molecule has 1 aromatic rings. The number of unbranched alkanes of at least 4 members (excludes halogenated alkanes) is 1. The van der Waals surface area contributed by atoms with Crippen molar-refractivity contribution in [2.75, 3.05) is 26.3 Å². The largest absolute Gasteiger partial charge is 0.454 e. The highest BCUT2D eigenvalue weighted by atomic mass is 16.5. The molecule has 13 N–H and O–H groups in total. The normalized spacial score (nSPS) is 12.8. The van der Waals surface area contributed by atoms with Gasteiger partial charge in [0.1, 0.15) is 18.1 Å². The molecule has 0 aliphatic carbocycles. The Bertz CT molecular complexity index is 1540. The molecule has 18 nitrogen and oxygen atoms in total. The van der Waals surface area contributed by atoms with E-state index in [1.807, 2.05) is 13.8 Å². The average molecular weight is 771 g/mol. The second kappa shape index (κ2) is 25.3. The van der Waals surface area contributed by atoms with Crippen LogP contribution in [0.1, 0.15) is 86.7 Å². The summed E-state index contributed by atoms with van der Waals surface area (Å²) < 4.78 is 5.31. The number of nitrogens with two attached hydrogens (primary N) is 4. The summed E-state index contributed by atoms with van der Waals surface area (Å²) in [6.45, 7) is 5.86. The van der Waals surface area contributed by atoms with Gasteiger partial charge in [-0.1, -0.05) is 32.0 Å². The van der Waals surface area contributed by atoms with E-state index >= 15 is 0 Å². The first-order chi connectivity index (χ1) is 26.0. The Morgan fingerprint density at radius 2 is 1.29 bits per heavy atom. The van der Waals surface area contributed by atoms with Crippen LogP contribution >= 0.6 is 0 Å². The summed E-state index contributed by atoms with van der Waals surface area (Å²) in [6, 6.07) is 0.200. The van der Waals surface area contributed by atoms with E-state index in [-0.39, 0.29) is 75.4 Å². The molecule has 1 aromatic carbocycles. The van der Waals surface area contributed by atoms with Crippen LogP contribution in [0.3, 0.4) is 0 Å². The van der Waals surface area contributed by atoms with Crippen LogP contribution in [0.2, 0.25) is 0 Å². The molecule has 0 aromatic heterocycles. The van der Waals surface area contributed by atoms with Crippen molar-refractivity contribution in [2.45, 2.75) is 103 Å². The van der Waals surface area contributed by atoms with Gasteiger partial charge in [-0.15, -0.1) is 12.3 Å². The monoisotopic (exact) mass is 770 g/mol.